The molecular formula is C11H14N2O. The minimum absolute atomic E-state index is 0.0156. The summed E-state index contributed by atoms with van der Waals surface area (Å²) in [6, 6.07) is 8.21. The van der Waals surface area contributed by atoms with Crippen molar-refractivity contribution >= 4 is 11.6 Å². The van der Waals surface area contributed by atoms with Crippen molar-refractivity contribution in [2.75, 3.05) is 5.32 Å². The number of hydrogen-bond donors (Lipinski definition) is 2. The van der Waals surface area contributed by atoms with Crippen LogP contribution in [0.1, 0.15) is 18.9 Å². The molecule has 1 aliphatic heterocycles. The van der Waals surface area contributed by atoms with E-state index in [4.69, 9.17) is 0 Å². The maximum Gasteiger partial charge on any atom is 0.218 e. The van der Waals surface area contributed by atoms with E-state index in [2.05, 4.69) is 16.7 Å². The van der Waals surface area contributed by atoms with E-state index in [9.17, 15) is 4.79 Å². The molecule has 1 aromatic rings. The lowest BCUT2D eigenvalue weighted by Gasteiger charge is -2.27. The van der Waals surface area contributed by atoms with Gasteiger partial charge in [-0.3, -0.25) is 4.79 Å². The lowest BCUT2D eigenvalue weighted by molar-refractivity contribution is -0.119. The second-order valence-electron chi connectivity index (χ2n) is 3.59. The second kappa shape index (κ2) is 3.70. The highest BCUT2D eigenvalue weighted by atomic mass is 16.1. The monoisotopic (exact) mass is 190 g/mol. The van der Waals surface area contributed by atoms with E-state index in [1.54, 1.807) is 6.92 Å². The first-order chi connectivity index (χ1) is 6.75. The first-order valence-corrected chi connectivity index (χ1v) is 4.87. The van der Waals surface area contributed by atoms with Crippen molar-refractivity contribution in [2.45, 2.75) is 25.9 Å². The first-order valence-electron chi connectivity index (χ1n) is 4.87. The lowest BCUT2D eigenvalue weighted by Crippen LogP contribution is -2.41. The number of hydrogen-bond acceptors (Lipinski definition) is 2. The van der Waals surface area contributed by atoms with E-state index < -0.39 is 0 Å². The molecule has 3 heteroatoms. The second-order valence-corrected chi connectivity index (χ2v) is 3.59. The number of benzene rings is 1. The van der Waals surface area contributed by atoms with Gasteiger partial charge in [0.2, 0.25) is 5.91 Å². The van der Waals surface area contributed by atoms with E-state index in [0.717, 1.165) is 18.5 Å². The van der Waals surface area contributed by atoms with Crippen molar-refractivity contribution in [1.29, 1.82) is 0 Å². The molecule has 1 amide bonds. The molecule has 0 fully saturated rings. The molecule has 0 aliphatic carbocycles. The van der Waals surface area contributed by atoms with Gasteiger partial charge in [-0.15, -0.1) is 0 Å². The third-order valence-corrected chi connectivity index (χ3v) is 2.43. The maximum atomic E-state index is 10.9. The van der Waals surface area contributed by atoms with Gasteiger partial charge in [0.05, 0.1) is 6.17 Å². The molecule has 0 saturated carbocycles. The van der Waals surface area contributed by atoms with Gasteiger partial charge in [-0.1, -0.05) is 18.2 Å². The van der Waals surface area contributed by atoms with Crippen LogP contribution in [0, 0.1) is 0 Å². The number of aryl methyl sites for hydroxylation is 1. The van der Waals surface area contributed by atoms with Crippen LogP contribution in [0.2, 0.25) is 0 Å². The molecule has 2 rings (SSSR count). The van der Waals surface area contributed by atoms with E-state index in [0.29, 0.717) is 0 Å². The average Bonchev–Trinajstić information content (AvgIpc) is 2.17. The largest absolute Gasteiger partial charge is 0.365 e. The summed E-state index contributed by atoms with van der Waals surface area (Å²) in [6.07, 6.45) is 2.06. The third kappa shape index (κ3) is 1.87. The van der Waals surface area contributed by atoms with Gasteiger partial charge in [0.1, 0.15) is 0 Å². The zero-order chi connectivity index (χ0) is 9.97. The van der Waals surface area contributed by atoms with E-state index in [1.807, 2.05) is 18.2 Å². The fourth-order valence-electron chi connectivity index (χ4n) is 1.79. The van der Waals surface area contributed by atoms with Crippen LogP contribution < -0.4 is 10.6 Å². The lowest BCUT2D eigenvalue weighted by atomic mass is 10.0. The zero-order valence-electron chi connectivity index (χ0n) is 8.21. The fraction of sp³-hybridized carbons (Fsp3) is 0.364. The number of nitrogens with one attached hydrogen (secondary N) is 2. The summed E-state index contributed by atoms with van der Waals surface area (Å²) < 4.78 is 0. The standard InChI is InChI=1S/C11H14N2O/c1-8(14)12-11-7-6-9-4-2-3-5-10(9)13-11/h2-5,11,13H,6-7H2,1H3,(H,12,14)/t11-/m1/s1. The van der Waals surface area contributed by atoms with Gasteiger partial charge in [0, 0.05) is 12.6 Å². The number of anilines is 1. The minimum atomic E-state index is 0.0156. The van der Waals surface area contributed by atoms with Crippen LogP contribution in [-0.4, -0.2) is 12.1 Å². The van der Waals surface area contributed by atoms with Crippen molar-refractivity contribution in [2.24, 2.45) is 0 Å². The Morgan fingerprint density at radius 2 is 2.29 bits per heavy atom. The molecule has 0 unspecified atom stereocenters. The van der Waals surface area contributed by atoms with Gasteiger partial charge in [-0.05, 0) is 24.5 Å². The van der Waals surface area contributed by atoms with Crippen LogP contribution in [0.3, 0.4) is 0 Å². The molecule has 1 aliphatic rings. The van der Waals surface area contributed by atoms with E-state index in [-0.39, 0.29) is 12.1 Å². The minimum Gasteiger partial charge on any atom is -0.365 e. The van der Waals surface area contributed by atoms with Gasteiger partial charge in [0.25, 0.3) is 0 Å². The Labute approximate surface area is 83.5 Å². The number of para-hydroxylation sites is 1. The Morgan fingerprint density at radius 3 is 3.07 bits per heavy atom. The zero-order valence-corrected chi connectivity index (χ0v) is 8.21. The molecular weight excluding hydrogens is 176 g/mol. The summed E-state index contributed by atoms with van der Waals surface area (Å²) in [7, 11) is 0. The molecule has 0 spiro atoms. The predicted molar refractivity (Wildman–Crippen MR) is 56.0 cm³/mol. The summed E-state index contributed by atoms with van der Waals surface area (Å²) in [6.45, 7) is 1.54. The SMILES string of the molecule is CC(=O)N[C@H]1CCc2ccccc2N1. The van der Waals surface area contributed by atoms with Gasteiger partial charge < -0.3 is 10.6 Å². The highest BCUT2D eigenvalue weighted by molar-refractivity contribution is 5.73. The van der Waals surface area contributed by atoms with Gasteiger partial charge in [-0.2, -0.15) is 0 Å². The number of fused-ring (bicyclic) bond motifs is 1. The van der Waals surface area contributed by atoms with Crippen LogP contribution in [0.4, 0.5) is 5.69 Å². The molecule has 0 radical (unpaired) electrons. The fourth-order valence-corrected chi connectivity index (χ4v) is 1.79. The number of amides is 1. The Kier molecular flexibility index (Phi) is 2.39. The smallest absolute Gasteiger partial charge is 0.218 e. The van der Waals surface area contributed by atoms with Crippen molar-refractivity contribution < 1.29 is 4.79 Å². The maximum absolute atomic E-state index is 10.9. The van der Waals surface area contributed by atoms with Crippen LogP contribution in [0.25, 0.3) is 0 Å². The highest BCUT2D eigenvalue weighted by Crippen LogP contribution is 2.22. The quantitative estimate of drug-likeness (QED) is 0.704. The van der Waals surface area contributed by atoms with Crippen LogP contribution in [-0.2, 0) is 11.2 Å². The summed E-state index contributed by atoms with van der Waals surface area (Å²) in [5.41, 5.74) is 2.46. The molecule has 0 aromatic heterocycles. The molecule has 0 bridgehead atoms. The Bertz CT molecular complexity index is 349. The average molecular weight is 190 g/mol. The van der Waals surface area contributed by atoms with Crippen LogP contribution in [0.15, 0.2) is 24.3 Å². The molecule has 14 heavy (non-hydrogen) atoms. The Hall–Kier alpha value is -1.51. The molecule has 3 nitrogen and oxygen atoms in total. The van der Waals surface area contributed by atoms with Gasteiger partial charge in [-0.25, -0.2) is 0 Å². The summed E-state index contributed by atoms with van der Waals surface area (Å²) in [4.78, 5) is 10.9. The molecule has 1 atom stereocenters. The van der Waals surface area contributed by atoms with Crippen molar-refractivity contribution in [3.8, 4) is 0 Å². The molecule has 74 valence electrons. The van der Waals surface area contributed by atoms with E-state index in [1.165, 1.54) is 5.56 Å². The highest BCUT2D eigenvalue weighted by Gasteiger charge is 2.16. The molecule has 0 saturated heterocycles. The van der Waals surface area contributed by atoms with Crippen LogP contribution >= 0.6 is 0 Å². The van der Waals surface area contributed by atoms with Crippen LogP contribution in [0.5, 0.6) is 0 Å². The number of carbonyl (C=O) groups is 1. The predicted octanol–water partition coefficient (Wildman–Crippen LogP) is 1.51. The summed E-state index contributed by atoms with van der Waals surface area (Å²) in [5.74, 6) is 0.0156. The van der Waals surface area contributed by atoms with Crippen molar-refractivity contribution in [3.05, 3.63) is 29.8 Å². The van der Waals surface area contributed by atoms with Gasteiger partial charge in [0.15, 0.2) is 0 Å². The van der Waals surface area contributed by atoms with Crippen molar-refractivity contribution in [3.63, 3.8) is 0 Å². The third-order valence-electron chi connectivity index (χ3n) is 2.43. The molecule has 2 N–H and O–H groups in total. The number of carbonyl (C=O) groups excluding carboxylic acids is 1. The van der Waals surface area contributed by atoms with Crippen molar-refractivity contribution in [1.82, 2.24) is 5.32 Å². The Morgan fingerprint density at radius 1 is 1.50 bits per heavy atom. The number of rotatable bonds is 1. The van der Waals surface area contributed by atoms with Gasteiger partial charge >= 0.3 is 0 Å². The normalized spacial score (nSPS) is 19.4. The summed E-state index contributed by atoms with van der Waals surface area (Å²) >= 11 is 0. The Balaban J connectivity index is 2.09. The first kappa shape index (κ1) is 9.06. The summed E-state index contributed by atoms with van der Waals surface area (Å²) in [5, 5.41) is 6.17. The molecule has 1 heterocycles. The molecule has 1 aromatic carbocycles. The van der Waals surface area contributed by atoms with E-state index >= 15 is 0 Å². The topological polar surface area (TPSA) is 41.1 Å².